The summed E-state index contributed by atoms with van der Waals surface area (Å²) in [6.45, 7) is 7.58. The Hall–Kier alpha value is -2.04. The van der Waals surface area contributed by atoms with Crippen molar-refractivity contribution in [3.05, 3.63) is 35.4 Å². The molecule has 1 fully saturated rings. The maximum atomic E-state index is 12.5. The van der Waals surface area contributed by atoms with Crippen LogP contribution in [0.1, 0.15) is 49.5 Å². The van der Waals surface area contributed by atoms with Gasteiger partial charge in [-0.05, 0) is 45.2 Å². The first-order valence-corrected chi connectivity index (χ1v) is 8.22. The molecule has 2 aliphatic rings. The Bertz CT molecular complexity index is 613. The second-order valence-corrected chi connectivity index (χ2v) is 7.29. The first kappa shape index (κ1) is 15.8. The molecular formula is C18H24N2O3. The molecule has 2 heterocycles. The molecule has 5 nitrogen and oxygen atoms in total. The molecule has 0 aliphatic carbocycles. The van der Waals surface area contributed by atoms with E-state index in [9.17, 15) is 9.59 Å². The van der Waals surface area contributed by atoms with Gasteiger partial charge in [-0.25, -0.2) is 4.79 Å². The largest absolute Gasteiger partial charge is 0.444 e. The summed E-state index contributed by atoms with van der Waals surface area (Å²) in [5.74, 6) is 0.122. The van der Waals surface area contributed by atoms with Crippen LogP contribution in [0.3, 0.4) is 0 Å². The number of nitrogens with zero attached hydrogens (tertiary/aromatic N) is 2. The normalized spacial score (nSPS) is 19.0. The van der Waals surface area contributed by atoms with Crippen LogP contribution in [0.4, 0.5) is 4.79 Å². The third kappa shape index (κ3) is 3.33. The van der Waals surface area contributed by atoms with E-state index in [0.717, 1.165) is 24.0 Å². The number of ether oxygens (including phenoxy) is 1. The zero-order valence-electron chi connectivity index (χ0n) is 14.0. The molecule has 2 aliphatic heterocycles. The molecule has 0 unspecified atom stereocenters. The van der Waals surface area contributed by atoms with Gasteiger partial charge in [0.2, 0.25) is 0 Å². The maximum absolute atomic E-state index is 12.5. The van der Waals surface area contributed by atoms with Crippen LogP contribution in [0, 0.1) is 0 Å². The highest BCUT2D eigenvalue weighted by Gasteiger charge is 2.35. The summed E-state index contributed by atoms with van der Waals surface area (Å²) in [6.07, 6.45) is 1.35. The summed E-state index contributed by atoms with van der Waals surface area (Å²) in [7, 11) is 0. The SMILES string of the molecule is CC(C)(C)OC(=O)N1CCC(N2Cc3ccccc3C2=O)CC1. The summed E-state index contributed by atoms with van der Waals surface area (Å²) in [6, 6.07) is 8.00. The number of hydrogen-bond donors (Lipinski definition) is 0. The van der Waals surface area contributed by atoms with E-state index in [1.807, 2.05) is 49.9 Å². The highest BCUT2D eigenvalue weighted by Crippen LogP contribution is 2.28. The minimum Gasteiger partial charge on any atom is -0.444 e. The first-order valence-electron chi connectivity index (χ1n) is 8.22. The molecule has 0 spiro atoms. The quantitative estimate of drug-likeness (QED) is 0.800. The van der Waals surface area contributed by atoms with E-state index in [-0.39, 0.29) is 18.0 Å². The van der Waals surface area contributed by atoms with E-state index in [2.05, 4.69) is 0 Å². The van der Waals surface area contributed by atoms with Crippen LogP contribution in [0.5, 0.6) is 0 Å². The number of piperidine rings is 1. The number of rotatable bonds is 1. The maximum Gasteiger partial charge on any atom is 0.410 e. The van der Waals surface area contributed by atoms with Crippen LogP contribution in [0.15, 0.2) is 24.3 Å². The van der Waals surface area contributed by atoms with E-state index < -0.39 is 5.60 Å². The van der Waals surface area contributed by atoms with E-state index in [1.165, 1.54) is 0 Å². The zero-order chi connectivity index (χ0) is 16.6. The average Bonchev–Trinajstić information content (AvgIpc) is 2.83. The molecule has 3 rings (SSSR count). The molecule has 124 valence electrons. The molecule has 5 heteroatoms. The molecule has 1 saturated heterocycles. The van der Waals surface area contributed by atoms with Crippen molar-refractivity contribution in [2.75, 3.05) is 13.1 Å². The van der Waals surface area contributed by atoms with Gasteiger partial charge in [0.1, 0.15) is 5.60 Å². The third-order valence-electron chi connectivity index (χ3n) is 4.41. The molecule has 1 aromatic rings. The van der Waals surface area contributed by atoms with Crippen LogP contribution >= 0.6 is 0 Å². The molecule has 0 aromatic heterocycles. The fraction of sp³-hybridized carbons (Fsp3) is 0.556. The zero-order valence-corrected chi connectivity index (χ0v) is 14.0. The number of amides is 2. The molecule has 0 atom stereocenters. The van der Waals surface area contributed by atoms with Crippen LogP contribution in [-0.2, 0) is 11.3 Å². The Morgan fingerprint density at radius 3 is 2.43 bits per heavy atom. The number of benzene rings is 1. The highest BCUT2D eigenvalue weighted by molar-refractivity contribution is 5.98. The summed E-state index contributed by atoms with van der Waals surface area (Å²) >= 11 is 0. The van der Waals surface area contributed by atoms with Crippen molar-refractivity contribution in [2.24, 2.45) is 0 Å². The molecular weight excluding hydrogens is 292 g/mol. The van der Waals surface area contributed by atoms with E-state index in [0.29, 0.717) is 19.6 Å². The molecule has 0 radical (unpaired) electrons. The third-order valence-corrected chi connectivity index (χ3v) is 4.41. The van der Waals surface area contributed by atoms with Gasteiger partial charge in [0.25, 0.3) is 5.91 Å². The van der Waals surface area contributed by atoms with Gasteiger partial charge in [0.15, 0.2) is 0 Å². The van der Waals surface area contributed by atoms with Gasteiger partial charge in [-0.1, -0.05) is 18.2 Å². The van der Waals surface area contributed by atoms with Gasteiger partial charge in [-0.3, -0.25) is 4.79 Å². The van der Waals surface area contributed by atoms with Crippen molar-refractivity contribution in [3.63, 3.8) is 0 Å². The van der Waals surface area contributed by atoms with Gasteiger partial charge < -0.3 is 14.5 Å². The second kappa shape index (κ2) is 5.87. The lowest BCUT2D eigenvalue weighted by atomic mass is 10.0. The number of hydrogen-bond acceptors (Lipinski definition) is 3. The predicted molar refractivity (Wildman–Crippen MR) is 87.1 cm³/mol. The van der Waals surface area contributed by atoms with Crippen molar-refractivity contribution in [2.45, 2.75) is 51.8 Å². The smallest absolute Gasteiger partial charge is 0.410 e. The summed E-state index contributed by atoms with van der Waals surface area (Å²) in [4.78, 5) is 28.3. The highest BCUT2D eigenvalue weighted by atomic mass is 16.6. The predicted octanol–water partition coefficient (Wildman–Crippen LogP) is 3.04. The van der Waals surface area contributed by atoms with Crippen molar-refractivity contribution < 1.29 is 14.3 Å². The van der Waals surface area contributed by atoms with Crippen LogP contribution in [0.2, 0.25) is 0 Å². The van der Waals surface area contributed by atoms with Gasteiger partial charge in [-0.2, -0.15) is 0 Å². The van der Waals surface area contributed by atoms with Gasteiger partial charge in [-0.15, -0.1) is 0 Å². The van der Waals surface area contributed by atoms with Crippen LogP contribution in [-0.4, -0.2) is 46.5 Å². The number of carbonyl (C=O) groups excluding carboxylic acids is 2. The monoisotopic (exact) mass is 316 g/mol. The van der Waals surface area contributed by atoms with Crippen molar-refractivity contribution in [3.8, 4) is 0 Å². The fourth-order valence-corrected chi connectivity index (χ4v) is 3.26. The Labute approximate surface area is 137 Å². The van der Waals surface area contributed by atoms with E-state index in [1.54, 1.807) is 4.90 Å². The number of carbonyl (C=O) groups is 2. The van der Waals surface area contributed by atoms with Crippen molar-refractivity contribution >= 4 is 12.0 Å². The van der Waals surface area contributed by atoms with Crippen LogP contribution < -0.4 is 0 Å². The number of likely N-dealkylation sites (tertiary alicyclic amines) is 1. The minimum atomic E-state index is -0.472. The van der Waals surface area contributed by atoms with E-state index >= 15 is 0 Å². The average molecular weight is 316 g/mol. The second-order valence-electron chi connectivity index (χ2n) is 7.29. The summed E-state index contributed by atoms with van der Waals surface area (Å²) in [5.41, 5.74) is 1.45. The molecule has 0 saturated carbocycles. The van der Waals surface area contributed by atoms with Gasteiger partial charge in [0.05, 0.1) is 0 Å². The lowest BCUT2D eigenvalue weighted by Crippen LogP contribution is -2.48. The molecule has 0 bridgehead atoms. The Kier molecular flexibility index (Phi) is 4.04. The Morgan fingerprint density at radius 2 is 1.83 bits per heavy atom. The molecule has 1 aromatic carbocycles. The minimum absolute atomic E-state index is 0.122. The fourth-order valence-electron chi connectivity index (χ4n) is 3.26. The molecule has 2 amide bonds. The van der Waals surface area contributed by atoms with Crippen LogP contribution in [0.25, 0.3) is 0 Å². The number of fused-ring (bicyclic) bond motifs is 1. The summed E-state index contributed by atoms with van der Waals surface area (Å²) < 4.78 is 5.42. The molecule has 0 N–H and O–H groups in total. The first-order chi connectivity index (χ1) is 10.8. The standard InChI is InChI=1S/C18H24N2O3/c1-18(2,3)23-17(22)19-10-8-14(9-11-19)20-12-13-6-4-5-7-15(13)16(20)21/h4-7,14H,8-12H2,1-3H3. The summed E-state index contributed by atoms with van der Waals surface area (Å²) in [5, 5.41) is 0. The van der Waals surface area contributed by atoms with Crippen molar-refractivity contribution in [1.29, 1.82) is 0 Å². The Balaban J connectivity index is 1.58. The lowest BCUT2D eigenvalue weighted by molar-refractivity contribution is 0.0148. The Morgan fingerprint density at radius 1 is 1.17 bits per heavy atom. The van der Waals surface area contributed by atoms with Crippen molar-refractivity contribution in [1.82, 2.24) is 9.80 Å². The van der Waals surface area contributed by atoms with Gasteiger partial charge >= 0.3 is 6.09 Å². The lowest BCUT2D eigenvalue weighted by Gasteiger charge is -2.37. The topological polar surface area (TPSA) is 49.9 Å². The van der Waals surface area contributed by atoms with Gasteiger partial charge in [0, 0.05) is 31.2 Å². The molecule has 23 heavy (non-hydrogen) atoms. The van der Waals surface area contributed by atoms with E-state index in [4.69, 9.17) is 4.74 Å².